The number of aryl methyl sites for hydroxylation is 1. The molecule has 2 heterocycles. The van der Waals surface area contributed by atoms with Gasteiger partial charge in [-0.05, 0) is 59.7 Å². The Morgan fingerprint density at radius 1 is 1.21 bits per heavy atom. The van der Waals surface area contributed by atoms with Crippen molar-refractivity contribution in [3.8, 4) is 5.75 Å². The van der Waals surface area contributed by atoms with Crippen molar-refractivity contribution in [2.24, 2.45) is 0 Å². The Hall–Kier alpha value is -3.64. The molecule has 0 bridgehead atoms. The number of nitrogens with zero attached hydrogens (tertiary/aromatic N) is 2. The molecule has 206 valence electrons. The molecule has 4 N–H and O–H groups in total. The van der Waals surface area contributed by atoms with Gasteiger partial charge in [0.15, 0.2) is 11.6 Å². The number of carbonyl (C=O) groups is 3. The molecule has 0 radical (unpaired) electrons. The minimum Gasteiger partial charge on any atom is -0.488 e. The number of halogens is 2. The lowest BCUT2D eigenvalue weighted by molar-refractivity contribution is -0.0621. The van der Waals surface area contributed by atoms with Crippen molar-refractivity contribution >= 4 is 35.3 Å². The highest BCUT2D eigenvalue weighted by atomic mass is 35.5. The number of hydrogen-bond acceptors (Lipinski definition) is 7. The summed E-state index contributed by atoms with van der Waals surface area (Å²) < 4.78 is 26.0. The molecule has 0 saturated carbocycles. The Labute approximate surface area is 224 Å². The molecular formula is C25H31ClFN5O6. The third kappa shape index (κ3) is 6.62. The second kappa shape index (κ2) is 11.4. The van der Waals surface area contributed by atoms with Crippen LogP contribution in [0.25, 0.3) is 0 Å². The van der Waals surface area contributed by atoms with E-state index in [0.717, 1.165) is 17.0 Å². The number of rotatable bonds is 7. The molecule has 0 aliphatic carbocycles. The van der Waals surface area contributed by atoms with Gasteiger partial charge >= 0.3 is 6.09 Å². The number of amides is 3. The number of pyridine rings is 1. The number of nitrogens with one attached hydrogen (secondary N) is 3. The van der Waals surface area contributed by atoms with Gasteiger partial charge in [0.25, 0.3) is 11.8 Å². The van der Waals surface area contributed by atoms with Crippen molar-refractivity contribution < 1.29 is 33.4 Å². The number of benzene rings is 1. The second-order valence-electron chi connectivity index (χ2n) is 9.65. The van der Waals surface area contributed by atoms with E-state index in [9.17, 15) is 23.9 Å². The molecule has 38 heavy (non-hydrogen) atoms. The highest BCUT2D eigenvalue weighted by molar-refractivity contribution is 6.34. The molecule has 1 aromatic heterocycles. The van der Waals surface area contributed by atoms with Crippen LogP contribution in [-0.4, -0.2) is 63.4 Å². The fourth-order valence-electron chi connectivity index (χ4n) is 4.19. The number of anilines is 1. The molecule has 1 fully saturated rings. The van der Waals surface area contributed by atoms with E-state index in [1.165, 1.54) is 6.07 Å². The average molecular weight is 552 g/mol. The van der Waals surface area contributed by atoms with Crippen LogP contribution in [0.1, 0.15) is 61.0 Å². The molecule has 11 nitrogen and oxygen atoms in total. The number of carbonyl (C=O) groups excluding carboxylic acids is 2. The maximum Gasteiger partial charge on any atom is 0.410 e. The van der Waals surface area contributed by atoms with Crippen molar-refractivity contribution in [1.29, 1.82) is 0 Å². The molecule has 1 saturated heterocycles. The average Bonchev–Trinajstić information content (AvgIpc) is 3.03. The third-order valence-electron chi connectivity index (χ3n) is 5.75. The summed E-state index contributed by atoms with van der Waals surface area (Å²) in [6, 6.07) is 4.47. The van der Waals surface area contributed by atoms with E-state index in [1.54, 1.807) is 33.8 Å². The fourth-order valence-corrected chi connectivity index (χ4v) is 4.43. The van der Waals surface area contributed by atoms with E-state index in [4.69, 9.17) is 21.1 Å². The van der Waals surface area contributed by atoms with Crippen LogP contribution >= 0.6 is 11.6 Å². The number of ether oxygens (including phenoxy) is 2. The summed E-state index contributed by atoms with van der Waals surface area (Å²) in [4.78, 5) is 42.3. The summed E-state index contributed by atoms with van der Waals surface area (Å²) in [5, 5.41) is 12.5. The van der Waals surface area contributed by atoms with Crippen molar-refractivity contribution in [2.75, 3.05) is 11.9 Å². The fraction of sp³-hybridized carbons (Fsp3) is 0.440. The number of carboxylic acid groups (broad SMARTS) is 1. The summed E-state index contributed by atoms with van der Waals surface area (Å²) in [6.07, 6.45) is -1.70. The summed E-state index contributed by atoms with van der Waals surface area (Å²) in [5.41, 5.74) is 4.02. The molecular weight excluding hydrogens is 521 g/mol. The predicted molar refractivity (Wildman–Crippen MR) is 138 cm³/mol. The van der Waals surface area contributed by atoms with E-state index in [2.05, 4.69) is 21.2 Å². The standard InChI is InChI=1S/C25H31ClFN5O6/c1-12(2)28-21-8-15(7-13(3)29-21)22(33)30-31-23(34)16-9-18(27)20(10-17(16)26)37-11-19-14(4)38-25(5,6)32(19)24(35)36/h7-10,12,14,19H,11H2,1-6H3,(H,28,29)(H,30,33)(H,31,34)(H,35,36). The molecule has 2 aromatic rings. The highest BCUT2D eigenvalue weighted by Crippen LogP contribution is 2.33. The summed E-state index contributed by atoms with van der Waals surface area (Å²) in [6.45, 7) is 10.3. The van der Waals surface area contributed by atoms with Crippen LogP contribution in [0.5, 0.6) is 5.75 Å². The number of hydrazine groups is 1. The Bertz CT molecular complexity index is 1240. The van der Waals surface area contributed by atoms with Gasteiger partial charge in [0.05, 0.1) is 22.7 Å². The van der Waals surface area contributed by atoms with Gasteiger partial charge in [0.2, 0.25) is 0 Å². The van der Waals surface area contributed by atoms with Gasteiger partial charge in [0, 0.05) is 23.4 Å². The zero-order chi connectivity index (χ0) is 28.4. The monoisotopic (exact) mass is 551 g/mol. The van der Waals surface area contributed by atoms with Crippen LogP contribution in [0.3, 0.4) is 0 Å². The summed E-state index contributed by atoms with van der Waals surface area (Å²) in [5.74, 6) is -2.11. The molecule has 1 aliphatic rings. The van der Waals surface area contributed by atoms with E-state index < -0.39 is 41.6 Å². The first kappa shape index (κ1) is 28.9. The molecule has 3 rings (SSSR count). The molecule has 3 amide bonds. The first-order chi connectivity index (χ1) is 17.7. The predicted octanol–water partition coefficient (Wildman–Crippen LogP) is 3.96. The quantitative estimate of drug-likeness (QED) is 0.379. The van der Waals surface area contributed by atoms with Crippen LogP contribution in [0.2, 0.25) is 5.02 Å². The van der Waals surface area contributed by atoms with Gasteiger partial charge in [-0.2, -0.15) is 0 Å². The Kier molecular flexibility index (Phi) is 8.68. The van der Waals surface area contributed by atoms with Crippen molar-refractivity contribution in [1.82, 2.24) is 20.7 Å². The Balaban J connectivity index is 1.66. The maximum absolute atomic E-state index is 14.8. The molecule has 1 aromatic carbocycles. The molecule has 13 heteroatoms. The largest absolute Gasteiger partial charge is 0.488 e. The van der Waals surface area contributed by atoms with E-state index in [-0.39, 0.29) is 34.5 Å². The SMILES string of the molecule is Cc1cc(C(=O)NNC(=O)c2cc(F)c(OCC3C(C)OC(C)(C)N3C(=O)O)cc2Cl)cc(NC(C)C)n1. The zero-order valence-electron chi connectivity index (χ0n) is 21.9. The van der Waals surface area contributed by atoms with Crippen LogP contribution in [0.15, 0.2) is 24.3 Å². The topological polar surface area (TPSA) is 142 Å². The first-order valence-electron chi connectivity index (χ1n) is 11.9. The van der Waals surface area contributed by atoms with Crippen LogP contribution in [0.4, 0.5) is 15.0 Å². The van der Waals surface area contributed by atoms with Crippen molar-refractivity contribution in [2.45, 2.75) is 65.5 Å². The summed E-state index contributed by atoms with van der Waals surface area (Å²) >= 11 is 6.20. The van der Waals surface area contributed by atoms with Crippen LogP contribution in [0, 0.1) is 12.7 Å². The molecule has 0 spiro atoms. The second-order valence-corrected chi connectivity index (χ2v) is 10.1. The van der Waals surface area contributed by atoms with E-state index >= 15 is 0 Å². The van der Waals surface area contributed by atoms with Gasteiger partial charge in [-0.15, -0.1) is 0 Å². The minimum atomic E-state index is -1.20. The van der Waals surface area contributed by atoms with Crippen LogP contribution in [-0.2, 0) is 4.74 Å². The molecule has 2 atom stereocenters. The van der Waals surface area contributed by atoms with Gasteiger partial charge in [0.1, 0.15) is 18.1 Å². The summed E-state index contributed by atoms with van der Waals surface area (Å²) in [7, 11) is 0. The highest BCUT2D eigenvalue weighted by Gasteiger charge is 2.48. The number of aromatic nitrogens is 1. The lowest BCUT2D eigenvalue weighted by Crippen LogP contribution is -2.49. The maximum atomic E-state index is 14.8. The Morgan fingerprint density at radius 2 is 1.87 bits per heavy atom. The third-order valence-corrected chi connectivity index (χ3v) is 6.06. The van der Waals surface area contributed by atoms with Crippen LogP contribution < -0.4 is 20.9 Å². The van der Waals surface area contributed by atoms with Gasteiger partial charge < -0.3 is 19.9 Å². The normalized spacial score (nSPS) is 18.3. The van der Waals surface area contributed by atoms with Crippen molar-refractivity contribution in [3.05, 3.63) is 51.9 Å². The Morgan fingerprint density at radius 3 is 2.50 bits per heavy atom. The lowest BCUT2D eigenvalue weighted by atomic mass is 10.1. The van der Waals surface area contributed by atoms with E-state index in [0.29, 0.717) is 11.5 Å². The molecule has 2 unspecified atom stereocenters. The van der Waals surface area contributed by atoms with Gasteiger partial charge in [-0.3, -0.25) is 25.3 Å². The van der Waals surface area contributed by atoms with Crippen molar-refractivity contribution in [3.63, 3.8) is 0 Å². The zero-order valence-corrected chi connectivity index (χ0v) is 22.6. The van der Waals surface area contributed by atoms with E-state index in [1.807, 2.05) is 13.8 Å². The lowest BCUT2D eigenvalue weighted by Gasteiger charge is -2.30. The smallest absolute Gasteiger partial charge is 0.410 e. The molecule has 1 aliphatic heterocycles. The van der Waals surface area contributed by atoms with Gasteiger partial charge in [-0.1, -0.05) is 11.6 Å². The number of hydrogen-bond donors (Lipinski definition) is 4. The van der Waals surface area contributed by atoms with Gasteiger partial charge in [-0.25, -0.2) is 14.2 Å². The minimum absolute atomic E-state index is 0.0988. The first-order valence-corrected chi connectivity index (χ1v) is 12.2.